The zero-order valence-corrected chi connectivity index (χ0v) is 24.0. The number of alkyl carbamates (subject to hydrolysis) is 1. The topological polar surface area (TPSA) is 75.2 Å². The molecule has 3 aliphatic rings. The molecule has 8 heteroatoms. The van der Waals surface area contributed by atoms with Crippen molar-refractivity contribution in [1.82, 2.24) is 5.32 Å². The van der Waals surface area contributed by atoms with E-state index in [1.807, 2.05) is 82.3 Å². The largest absolute Gasteiger partial charge is 0.492 e. The summed E-state index contributed by atoms with van der Waals surface area (Å²) in [6.45, 7) is 9.66. The lowest BCUT2D eigenvalue weighted by Gasteiger charge is -2.32. The fourth-order valence-corrected chi connectivity index (χ4v) is 5.58. The van der Waals surface area contributed by atoms with Crippen LogP contribution in [0.1, 0.15) is 62.2 Å². The Hall–Kier alpha value is -3.43. The van der Waals surface area contributed by atoms with Gasteiger partial charge in [-0.25, -0.2) is 4.79 Å². The van der Waals surface area contributed by atoms with Crippen LogP contribution < -0.4 is 5.32 Å². The highest BCUT2D eigenvalue weighted by Gasteiger charge is 2.52. The Balaban J connectivity index is 1.17. The maximum absolute atomic E-state index is 13.0. The fourth-order valence-electron chi connectivity index (χ4n) is 5.58. The second-order valence-electron chi connectivity index (χ2n) is 11.7. The van der Waals surface area contributed by atoms with Gasteiger partial charge in [0.15, 0.2) is 6.29 Å². The van der Waals surface area contributed by atoms with Gasteiger partial charge >= 0.3 is 13.2 Å². The van der Waals surface area contributed by atoms with Gasteiger partial charge < -0.3 is 28.8 Å². The van der Waals surface area contributed by atoms with Gasteiger partial charge in [0.25, 0.3) is 0 Å². The molecule has 0 saturated carbocycles. The van der Waals surface area contributed by atoms with Crippen LogP contribution in [0, 0.1) is 0 Å². The zero-order chi connectivity index (χ0) is 28.6. The molecular formula is C33H36BNO6. The molecule has 2 fully saturated rings. The molecule has 1 amide bonds. The third-order valence-corrected chi connectivity index (χ3v) is 8.49. The maximum atomic E-state index is 13.0. The third-order valence-electron chi connectivity index (χ3n) is 8.49. The Morgan fingerprint density at radius 3 is 2.15 bits per heavy atom. The van der Waals surface area contributed by atoms with Crippen LogP contribution in [0.4, 0.5) is 4.79 Å². The van der Waals surface area contributed by atoms with Gasteiger partial charge in [-0.3, -0.25) is 0 Å². The van der Waals surface area contributed by atoms with E-state index in [2.05, 4.69) is 29.6 Å². The Labute approximate surface area is 241 Å². The van der Waals surface area contributed by atoms with Gasteiger partial charge in [-0.2, -0.15) is 0 Å². The minimum atomic E-state index is -0.628. The summed E-state index contributed by atoms with van der Waals surface area (Å²) in [6.07, 6.45) is 1.13. The van der Waals surface area contributed by atoms with Gasteiger partial charge in [0.1, 0.15) is 6.61 Å². The number of benzene rings is 3. The molecule has 3 aromatic rings. The van der Waals surface area contributed by atoms with E-state index in [0.717, 1.165) is 16.6 Å². The lowest BCUT2D eigenvalue weighted by Crippen LogP contribution is -2.41. The highest BCUT2D eigenvalue weighted by atomic mass is 16.7. The fraction of sp³-hybridized carbons (Fsp3) is 0.364. The van der Waals surface area contributed by atoms with Crippen LogP contribution in [0.5, 0.6) is 0 Å². The van der Waals surface area contributed by atoms with Crippen LogP contribution >= 0.6 is 0 Å². The molecule has 0 aromatic heterocycles. The lowest BCUT2D eigenvalue weighted by molar-refractivity contribution is -0.0441. The zero-order valence-electron chi connectivity index (χ0n) is 24.0. The van der Waals surface area contributed by atoms with Crippen molar-refractivity contribution in [2.75, 3.05) is 26.4 Å². The molecule has 2 heterocycles. The smallest absolute Gasteiger partial charge is 0.449 e. The minimum Gasteiger partial charge on any atom is -0.449 e. The van der Waals surface area contributed by atoms with Gasteiger partial charge in [-0.05, 0) is 67.1 Å². The summed E-state index contributed by atoms with van der Waals surface area (Å²) >= 11 is 0. The molecule has 0 radical (unpaired) electrons. The third kappa shape index (κ3) is 5.57. The second-order valence-corrected chi connectivity index (χ2v) is 11.7. The van der Waals surface area contributed by atoms with Crippen LogP contribution in [0.25, 0.3) is 17.2 Å². The van der Waals surface area contributed by atoms with Gasteiger partial charge in [-0.1, -0.05) is 72.8 Å². The van der Waals surface area contributed by atoms with Crippen molar-refractivity contribution in [2.24, 2.45) is 0 Å². The number of carbonyl (C=O) groups excluding carboxylic acids is 1. The first-order valence-electron chi connectivity index (χ1n) is 14.2. The average molecular weight is 553 g/mol. The van der Waals surface area contributed by atoms with E-state index >= 15 is 0 Å². The maximum Gasteiger partial charge on any atom is 0.492 e. The Morgan fingerprint density at radius 2 is 1.51 bits per heavy atom. The van der Waals surface area contributed by atoms with Crippen molar-refractivity contribution in [3.8, 4) is 11.1 Å². The van der Waals surface area contributed by atoms with Crippen molar-refractivity contribution < 1.29 is 28.3 Å². The van der Waals surface area contributed by atoms with Crippen LogP contribution in [0.15, 0.2) is 78.3 Å². The molecule has 0 atom stereocenters. The molecule has 1 aliphatic carbocycles. The summed E-state index contributed by atoms with van der Waals surface area (Å²) in [5.41, 5.74) is 6.35. The van der Waals surface area contributed by atoms with E-state index in [-0.39, 0.29) is 25.4 Å². The molecule has 6 rings (SSSR count). The molecule has 41 heavy (non-hydrogen) atoms. The van der Waals surface area contributed by atoms with E-state index < -0.39 is 24.4 Å². The first kappa shape index (κ1) is 27.7. The number of nitrogens with one attached hydrogen (secondary N) is 1. The van der Waals surface area contributed by atoms with Crippen LogP contribution in [0.3, 0.4) is 0 Å². The van der Waals surface area contributed by atoms with Crippen molar-refractivity contribution in [1.29, 1.82) is 0 Å². The molecule has 212 valence electrons. The molecule has 2 saturated heterocycles. The number of rotatable bonds is 7. The number of fused-ring (bicyclic) bond motifs is 3. The molecular weight excluding hydrogens is 517 g/mol. The summed E-state index contributed by atoms with van der Waals surface area (Å²) in [6, 6.07) is 24.6. The summed E-state index contributed by atoms with van der Waals surface area (Å²) in [5, 5.41) is 2.94. The van der Waals surface area contributed by atoms with Gasteiger partial charge in [0, 0.05) is 18.0 Å². The van der Waals surface area contributed by atoms with Gasteiger partial charge in [-0.15, -0.1) is 0 Å². The van der Waals surface area contributed by atoms with Crippen LogP contribution in [-0.4, -0.2) is 50.8 Å². The summed E-state index contributed by atoms with van der Waals surface area (Å²) in [7, 11) is -0.628. The predicted octanol–water partition coefficient (Wildman–Crippen LogP) is 6.29. The molecule has 7 nitrogen and oxygen atoms in total. The van der Waals surface area contributed by atoms with Gasteiger partial charge in [0.05, 0.1) is 24.4 Å². The highest BCUT2D eigenvalue weighted by Crippen LogP contribution is 2.44. The van der Waals surface area contributed by atoms with E-state index in [4.69, 9.17) is 23.5 Å². The SMILES string of the molecule is CC1(C)OB(C(=Cc2cccc(C3OCCO3)c2)CNC(=O)OCC2c3ccccc3-c3ccccc32)OC1(C)C. The minimum absolute atomic E-state index is 0.00553. The number of carbonyl (C=O) groups is 1. The Bertz CT molecular complexity index is 1400. The molecule has 3 aromatic carbocycles. The lowest BCUT2D eigenvalue weighted by atomic mass is 9.77. The van der Waals surface area contributed by atoms with E-state index in [0.29, 0.717) is 13.2 Å². The van der Waals surface area contributed by atoms with Crippen LogP contribution in [0.2, 0.25) is 0 Å². The highest BCUT2D eigenvalue weighted by molar-refractivity contribution is 6.56. The van der Waals surface area contributed by atoms with Crippen molar-refractivity contribution in [3.63, 3.8) is 0 Å². The standard InChI is InChI=1S/C33H36BNO6/c1-32(2)33(3,4)41-34(40-32)24(19-22-10-9-11-23(18-22)30-37-16-17-38-30)20-35-31(36)39-21-29-27-14-7-5-12-25(27)26-13-6-8-15-28(26)29/h5-15,18-19,29-30H,16-17,20-21H2,1-4H3,(H,35,36). The molecule has 0 bridgehead atoms. The van der Waals surface area contributed by atoms with Crippen molar-refractivity contribution >= 4 is 19.3 Å². The molecule has 0 unspecified atom stereocenters. The summed E-state index contributed by atoms with van der Waals surface area (Å²) in [5.74, 6) is -0.00553. The van der Waals surface area contributed by atoms with Crippen LogP contribution in [-0.2, 0) is 23.5 Å². The number of hydrogen-bond acceptors (Lipinski definition) is 6. The van der Waals surface area contributed by atoms with Gasteiger partial charge in [0.2, 0.25) is 0 Å². The first-order chi connectivity index (χ1) is 19.7. The van der Waals surface area contributed by atoms with Crippen molar-refractivity contribution in [2.45, 2.75) is 51.1 Å². The van der Waals surface area contributed by atoms with Crippen molar-refractivity contribution in [3.05, 3.63) is 101 Å². The summed E-state index contributed by atoms with van der Waals surface area (Å²) < 4.78 is 29.8. The number of hydrogen-bond donors (Lipinski definition) is 1. The number of ether oxygens (including phenoxy) is 3. The quantitative estimate of drug-likeness (QED) is 0.347. The van der Waals surface area contributed by atoms with E-state index in [1.165, 1.54) is 22.3 Å². The second kappa shape index (κ2) is 11.1. The molecule has 0 spiro atoms. The van der Waals surface area contributed by atoms with E-state index in [9.17, 15) is 4.79 Å². The summed E-state index contributed by atoms with van der Waals surface area (Å²) in [4.78, 5) is 13.0. The number of amides is 1. The molecule has 2 aliphatic heterocycles. The predicted molar refractivity (Wildman–Crippen MR) is 158 cm³/mol. The van der Waals surface area contributed by atoms with E-state index in [1.54, 1.807) is 0 Å². The first-order valence-corrected chi connectivity index (χ1v) is 14.2. The Morgan fingerprint density at radius 1 is 0.902 bits per heavy atom. The Kier molecular flexibility index (Phi) is 7.51. The molecule has 1 N–H and O–H groups in total. The monoisotopic (exact) mass is 553 g/mol. The average Bonchev–Trinajstić information content (AvgIpc) is 3.66. The normalized spacial score (nSPS) is 19.7.